The summed E-state index contributed by atoms with van der Waals surface area (Å²) in [6.45, 7) is 24.1. The lowest BCUT2D eigenvalue weighted by Gasteiger charge is -2.33. The zero-order valence-corrected chi connectivity index (χ0v) is 45.3. The average Bonchev–Trinajstić information content (AvgIpc) is 4.02. The highest BCUT2D eigenvalue weighted by molar-refractivity contribution is 6.15. The van der Waals surface area contributed by atoms with Crippen LogP contribution in [0.3, 0.4) is 0 Å². The predicted octanol–water partition coefficient (Wildman–Crippen LogP) is 19.6. The van der Waals surface area contributed by atoms with Crippen molar-refractivity contribution in [1.29, 1.82) is 5.26 Å². The van der Waals surface area contributed by atoms with Gasteiger partial charge >= 0.3 is 12.1 Å². The van der Waals surface area contributed by atoms with Gasteiger partial charge in [-0.3, -0.25) is 0 Å². The van der Waals surface area contributed by atoms with E-state index >= 15 is 22.0 Å². The minimum atomic E-state index is -5.27. The van der Waals surface area contributed by atoms with Gasteiger partial charge in [0.05, 0.1) is 55.7 Å². The Morgan fingerprint density at radius 1 is 0.403 bits per heavy atom. The van der Waals surface area contributed by atoms with E-state index in [4.69, 9.17) is 0 Å². The van der Waals surface area contributed by atoms with Gasteiger partial charge in [0.1, 0.15) is 6.07 Å². The van der Waals surface area contributed by atoms with E-state index in [1.807, 2.05) is 128 Å². The van der Waals surface area contributed by atoms with Gasteiger partial charge in [0.15, 0.2) is 0 Å². The summed E-state index contributed by atoms with van der Waals surface area (Å²) in [5, 5.41) is 13.9. The van der Waals surface area contributed by atoms with Crippen LogP contribution in [-0.4, -0.2) is 9.13 Å². The minimum absolute atomic E-state index is 0.182. The Morgan fingerprint density at radius 2 is 0.805 bits per heavy atom. The Kier molecular flexibility index (Phi) is 11.0. The van der Waals surface area contributed by atoms with Crippen molar-refractivity contribution in [2.45, 2.75) is 95.2 Å². The fraction of sp³-hybridized carbons (Fsp3) is 0.203. The Hall–Kier alpha value is -8.28. The molecule has 0 radical (unpaired) electrons. The number of hydrogen-bond acceptors (Lipinski definition) is 1. The molecule has 8 heteroatoms. The van der Waals surface area contributed by atoms with Gasteiger partial charge in [0.25, 0.3) is 0 Å². The number of alkyl halides is 5. The molecule has 9 aromatic carbocycles. The van der Waals surface area contributed by atoms with E-state index in [9.17, 15) is 5.26 Å². The number of benzene rings is 9. The van der Waals surface area contributed by atoms with Gasteiger partial charge in [-0.05, 0) is 208 Å². The number of aromatic nitrogens is 2. The van der Waals surface area contributed by atoms with Crippen LogP contribution in [0.15, 0.2) is 121 Å². The molecular formula is C69H56F5N3. The van der Waals surface area contributed by atoms with Crippen molar-refractivity contribution in [1.82, 2.24) is 9.13 Å². The van der Waals surface area contributed by atoms with Crippen molar-refractivity contribution in [3.8, 4) is 62.0 Å². The number of halogens is 5. The number of fused-ring (bicyclic) bond motifs is 8. The molecule has 0 bridgehead atoms. The maximum absolute atomic E-state index is 18.9. The van der Waals surface area contributed by atoms with Gasteiger partial charge in [0.2, 0.25) is 0 Å². The Morgan fingerprint density at radius 3 is 1.26 bits per heavy atom. The van der Waals surface area contributed by atoms with Crippen molar-refractivity contribution in [3.05, 3.63) is 210 Å². The molecule has 0 spiro atoms. The summed E-state index contributed by atoms with van der Waals surface area (Å²) in [6.07, 6.45) is -5.27. The van der Waals surface area contributed by atoms with Crippen LogP contribution in [0.5, 0.6) is 0 Å². The van der Waals surface area contributed by atoms with E-state index in [-0.39, 0.29) is 16.8 Å². The summed E-state index contributed by atoms with van der Waals surface area (Å²) in [5.74, 6) is -4.10. The minimum Gasteiger partial charge on any atom is -0.308 e. The first kappa shape index (κ1) is 49.6. The second-order valence-electron chi connectivity index (χ2n) is 22.1. The number of nitrogens with zero attached hydrogens (tertiary/aromatic N) is 3. The molecular weight excluding hydrogens is 966 g/mol. The van der Waals surface area contributed by atoms with Gasteiger partial charge in [-0.25, -0.2) is 0 Å². The maximum atomic E-state index is 18.9. The maximum Gasteiger partial charge on any atom is 0.419 e. The van der Waals surface area contributed by atoms with Crippen LogP contribution in [-0.2, 0) is 12.1 Å². The van der Waals surface area contributed by atoms with Crippen molar-refractivity contribution >= 4 is 43.6 Å². The third-order valence-electron chi connectivity index (χ3n) is 16.3. The molecule has 0 unspecified atom stereocenters. The fourth-order valence-corrected chi connectivity index (χ4v) is 14.0. The first-order chi connectivity index (χ1) is 36.5. The largest absolute Gasteiger partial charge is 0.419 e. The topological polar surface area (TPSA) is 33.6 Å². The molecule has 0 saturated heterocycles. The zero-order valence-electron chi connectivity index (χ0n) is 45.3. The van der Waals surface area contributed by atoms with E-state index < -0.39 is 40.0 Å². The summed E-state index contributed by atoms with van der Waals surface area (Å²) >= 11 is 0. The molecule has 0 saturated carbocycles. The fourth-order valence-electron chi connectivity index (χ4n) is 14.0. The Bertz CT molecular complexity index is 4400. The highest BCUT2D eigenvalue weighted by Gasteiger charge is 2.51. The van der Waals surface area contributed by atoms with Crippen LogP contribution in [0.2, 0.25) is 0 Å². The third kappa shape index (κ3) is 7.33. The van der Waals surface area contributed by atoms with Crippen LogP contribution >= 0.6 is 0 Å². The van der Waals surface area contributed by atoms with E-state index in [0.717, 1.165) is 100 Å². The molecule has 0 atom stereocenters. The first-order valence-electron chi connectivity index (χ1n) is 26.1. The van der Waals surface area contributed by atoms with Crippen LogP contribution in [0.4, 0.5) is 22.0 Å². The van der Waals surface area contributed by atoms with Crippen LogP contribution < -0.4 is 0 Å². The second-order valence-corrected chi connectivity index (χ2v) is 22.1. The Balaban J connectivity index is 1.25. The smallest absolute Gasteiger partial charge is 0.308 e. The number of aryl methyl sites for hydroxylation is 12. The molecule has 2 aromatic heterocycles. The molecule has 1 aliphatic rings. The molecule has 3 heterocycles. The monoisotopic (exact) mass is 1020 g/mol. The lowest BCUT2D eigenvalue weighted by atomic mass is 9.81. The lowest BCUT2D eigenvalue weighted by Crippen LogP contribution is -2.29. The van der Waals surface area contributed by atoms with Gasteiger partial charge in [-0.1, -0.05) is 107 Å². The van der Waals surface area contributed by atoms with Crippen molar-refractivity contribution in [2.75, 3.05) is 0 Å². The van der Waals surface area contributed by atoms with Crippen molar-refractivity contribution in [3.63, 3.8) is 0 Å². The van der Waals surface area contributed by atoms with Crippen LogP contribution in [0, 0.1) is 94.4 Å². The highest BCUT2D eigenvalue weighted by atomic mass is 19.4. The van der Waals surface area contributed by atoms with Crippen molar-refractivity contribution in [2.24, 2.45) is 0 Å². The van der Waals surface area contributed by atoms with Crippen LogP contribution in [0.1, 0.15) is 89.0 Å². The summed E-state index contributed by atoms with van der Waals surface area (Å²) in [4.78, 5) is 0. The molecule has 3 nitrogen and oxygen atoms in total. The normalized spacial score (nSPS) is 13.1. The molecule has 11 aromatic rings. The summed E-state index contributed by atoms with van der Waals surface area (Å²) < 4.78 is 91.0. The molecule has 382 valence electrons. The highest BCUT2D eigenvalue weighted by Crippen LogP contribution is 2.57. The van der Waals surface area contributed by atoms with Gasteiger partial charge in [-0.2, -0.15) is 27.2 Å². The predicted molar refractivity (Wildman–Crippen MR) is 306 cm³/mol. The van der Waals surface area contributed by atoms with Crippen molar-refractivity contribution < 1.29 is 22.0 Å². The lowest BCUT2D eigenvalue weighted by molar-refractivity contribution is -0.137. The van der Waals surface area contributed by atoms with E-state index in [2.05, 4.69) is 64.1 Å². The van der Waals surface area contributed by atoms with E-state index in [0.29, 0.717) is 43.7 Å². The first-order valence-corrected chi connectivity index (χ1v) is 26.1. The molecule has 0 aliphatic carbocycles. The third-order valence-corrected chi connectivity index (χ3v) is 16.3. The van der Waals surface area contributed by atoms with Crippen LogP contribution in [0.25, 0.3) is 99.5 Å². The summed E-state index contributed by atoms with van der Waals surface area (Å²) in [6, 6.07) is 40.7. The molecule has 1 aliphatic heterocycles. The second kappa shape index (κ2) is 17.1. The number of nitriles is 1. The SMILES string of the molecule is Cc1cc(C)c(-c2ccc3c(c2)c2ccc(-c4c(C)cc(C)cc4C)cc2n3-c2cc3c(c(C#N)c2C(F)(F)F)C(F)(F)c2c(-c4c(C)cc(C)cc4C)ccc4c5cc(-c6c(C)cc(C)cc6C)ccc5n-3c24)c(C)c1. The summed E-state index contributed by atoms with van der Waals surface area (Å²) in [5.41, 5.74) is 15.3. The average molecular weight is 1020 g/mol. The molecule has 12 rings (SSSR count). The van der Waals surface area contributed by atoms with Gasteiger partial charge < -0.3 is 9.13 Å². The Labute approximate surface area is 445 Å². The van der Waals surface area contributed by atoms with E-state index in [1.165, 1.54) is 6.07 Å². The molecule has 0 amide bonds. The van der Waals surface area contributed by atoms with E-state index in [1.54, 1.807) is 21.3 Å². The number of hydrogen-bond donors (Lipinski definition) is 0. The molecule has 0 N–H and O–H groups in total. The summed E-state index contributed by atoms with van der Waals surface area (Å²) in [7, 11) is 0. The molecule has 77 heavy (non-hydrogen) atoms. The zero-order chi connectivity index (χ0) is 54.6. The van der Waals surface area contributed by atoms with Gasteiger partial charge in [-0.15, -0.1) is 0 Å². The quantitative estimate of drug-likeness (QED) is 0.158. The number of rotatable bonds is 5. The molecule has 0 fully saturated rings. The standard InChI is InChI=1S/C69H56F5N3/c1-34-21-38(5)60(39(6)22-34)46-14-19-55-52(29-46)49-16-13-48(62-42(9)25-36(3)26-43(62)10)31-57(49)76(55)59-32-58-64(54(33-75)65(59)69(72,73)74)68(70,71)66-51(63-44(11)27-37(4)28-45(63)12)18-17-50-53-30-47(15-20-56(53)77(58)67(50)66)61-40(7)23-35(2)24-41(61)8/h13-32H,1-12H3. The van der Waals surface area contributed by atoms with Gasteiger partial charge in [0, 0.05) is 21.5 Å².